The SMILES string of the molecule is CCn1cnnc1CNC(=O)C(N)c1ccccc1.Cl.Cl. The molecule has 0 aliphatic carbocycles. The second-order valence-corrected chi connectivity index (χ2v) is 4.14. The lowest BCUT2D eigenvalue weighted by Gasteiger charge is -2.12. The number of hydrogen-bond donors (Lipinski definition) is 2. The Balaban J connectivity index is 0.00000200. The highest BCUT2D eigenvalue weighted by Gasteiger charge is 2.15. The number of rotatable bonds is 5. The van der Waals surface area contributed by atoms with Gasteiger partial charge in [0.1, 0.15) is 12.4 Å². The zero-order valence-electron chi connectivity index (χ0n) is 11.6. The summed E-state index contributed by atoms with van der Waals surface area (Å²) in [4.78, 5) is 11.9. The van der Waals surface area contributed by atoms with Crippen molar-refractivity contribution in [3.8, 4) is 0 Å². The lowest BCUT2D eigenvalue weighted by molar-refractivity contribution is -0.122. The van der Waals surface area contributed by atoms with E-state index in [9.17, 15) is 4.79 Å². The maximum Gasteiger partial charge on any atom is 0.241 e. The van der Waals surface area contributed by atoms with Crippen LogP contribution in [-0.4, -0.2) is 20.7 Å². The fraction of sp³-hybridized carbons (Fsp3) is 0.308. The minimum atomic E-state index is -0.667. The minimum Gasteiger partial charge on any atom is -0.347 e. The fourth-order valence-electron chi connectivity index (χ4n) is 1.77. The van der Waals surface area contributed by atoms with Gasteiger partial charge in [-0.3, -0.25) is 4.79 Å². The molecule has 0 bridgehead atoms. The van der Waals surface area contributed by atoms with E-state index in [1.165, 1.54) is 0 Å². The first-order chi connectivity index (χ1) is 9.22. The predicted octanol–water partition coefficient (Wildman–Crippen LogP) is 1.46. The molecule has 21 heavy (non-hydrogen) atoms. The summed E-state index contributed by atoms with van der Waals surface area (Å²) in [5, 5.41) is 10.5. The van der Waals surface area contributed by atoms with Gasteiger partial charge in [-0.25, -0.2) is 0 Å². The number of carbonyl (C=O) groups is 1. The molecule has 2 rings (SSSR count). The van der Waals surface area contributed by atoms with Crippen molar-refractivity contribution in [2.45, 2.75) is 26.1 Å². The van der Waals surface area contributed by atoms with Gasteiger partial charge in [0, 0.05) is 6.54 Å². The molecule has 116 valence electrons. The summed E-state index contributed by atoms with van der Waals surface area (Å²) in [6.45, 7) is 3.08. The van der Waals surface area contributed by atoms with Crippen LogP contribution in [0.5, 0.6) is 0 Å². The monoisotopic (exact) mass is 331 g/mol. The highest BCUT2D eigenvalue weighted by molar-refractivity contribution is 5.85. The quantitative estimate of drug-likeness (QED) is 0.868. The molecule has 6 nitrogen and oxygen atoms in total. The molecule has 1 heterocycles. The molecule has 0 saturated carbocycles. The van der Waals surface area contributed by atoms with Crippen molar-refractivity contribution >= 4 is 30.7 Å². The minimum absolute atomic E-state index is 0. The number of benzene rings is 1. The van der Waals surface area contributed by atoms with Crippen LogP contribution in [0.1, 0.15) is 24.4 Å². The number of halogens is 2. The molecule has 0 aliphatic heterocycles. The Bertz CT molecular complexity index is 547. The number of carbonyl (C=O) groups excluding carboxylic acids is 1. The Labute approximate surface area is 135 Å². The van der Waals surface area contributed by atoms with Gasteiger partial charge in [0.15, 0.2) is 5.82 Å². The van der Waals surface area contributed by atoms with E-state index in [1.54, 1.807) is 6.33 Å². The Morgan fingerprint density at radius 3 is 2.62 bits per heavy atom. The van der Waals surface area contributed by atoms with Crippen LogP contribution in [0.25, 0.3) is 0 Å². The van der Waals surface area contributed by atoms with Crippen LogP contribution in [-0.2, 0) is 17.9 Å². The van der Waals surface area contributed by atoms with Gasteiger partial charge in [-0.2, -0.15) is 0 Å². The van der Waals surface area contributed by atoms with Crippen LogP contribution in [0.2, 0.25) is 0 Å². The third-order valence-corrected chi connectivity index (χ3v) is 2.90. The first-order valence-electron chi connectivity index (χ1n) is 6.17. The highest BCUT2D eigenvalue weighted by atomic mass is 35.5. The Morgan fingerprint density at radius 1 is 1.33 bits per heavy atom. The number of nitrogens with one attached hydrogen (secondary N) is 1. The lowest BCUT2D eigenvalue weighted by atomic mass is 10.1. The molecule has 0 radical (unpaired) electrons. The summed E-state index contributed by atoms with van der Waals surface area (Å²) < 4.78 is 1.87. The first kappa shape index (κ1) is 19.4. The molecule has 0 fully saturated rings. The van der Waals surface area contributed by atoms with Crippen LogP contribution in [0.4, 0.5) is 0 Å². The van der Waals surface area contributed by atoms with Gasteiger partial charge in [0.2, 0.25) is 5.91 Å². The summed E-state index contributed by atoms with van der Waals surface area (Å²) in [6, 6.07) is 8.60. The molecule has 1 amide bonds. The maximum atomic E-state index is 11.9. The number of nitrogens with two attached hydrogens (primary N) is 1. The van der Waals surface area contributed by atoms with Crippen LogP contribution >= 0.6 is 24.8 Å². The number of aromatic nitrogens is 3. The van der Waals surface area contributed by atoms with Crippen LogP contribution in [0, 0.1) is 0 Å². The molecule has 0 saturated heterocycles. The zero-order valence-corrected chi connectivity index (χ0v) is 13.2. The largest absolute Gasteiger partial charge is 0.347 e. The zero-order chi connectivity index (χ0) is 13.7. The molecule has 3 N–H and O–H groups in total. The normalized spacial score (nSPS) is 11.0. The first-order valence-corrected chi connectivity index (χ1v) is 6.17. The van der Waals surface area contributed by atoms with Crippen molar-refractivity contribution in [3.63, 3.8) is 0 Å². The van der Waals surface area contributed by atoms with E-state index in [0.717, 1.165) is 17.9 Å². The molecule has 1 atom stereocenters. The molecule has 2 aromatic rings. The second-order valence-electron chi connectivity index (χ2n) is 4.14. The Kier molecular flexibility index (Phi) is 8.61. The molecule has 8 heteroatoms. The third-order valence-electron chi connectivity index (χ3n) is 2.90. The van der Waals surface area contributed by atoms with Gasteiger partial charge < -0.3 is 15.6 Å². The molecule has 0 spiro atoms. The van der Waals surface area contributed by atoms with E-state index < -0.39 is 6.04 Å². The maximum absolute atomic E-state index is 11.9. The Hall–Kier alpha value is -1.63. The molecular weight excluding hydrogens is 313 g/mol. The van der Waals surface area contributed by atoms with Gasteiger partial charge in [-0.15, -0.1) is 35.0 Å². The molecular formula is C13H19Cl2N5O. The van der Waals surface area contributed by atoms with Crippen molar-refractivity contribution in [1.29, 1.82) is 0 Å². The van der Waals surface area contributed by atoms with Crippen molar-refractivity contribution < 1.29 is 4.79 Å². The lowest BCUT2D eigenvalue weighted by Crippen LogP contribution is -2.34. The molecule has 0 aliphatic rings. The van der Waals surface area contributed by atoms with Gasteiger partial charge in [-0.05, 0) is 12.5 Å². The summed E-state index contributed by atoms with van der Waals surface area (Å²) in [5.74, 6) is 0.493. The predicted molar refractivity (Wildman–Crippen MR) is 85.4 cm³/mol. The van der Waals surface area contributed by atoms with Crippen molar-refractivity contribution in [1.82, 2.24) is 20.1 Å². The Morgan fingerprint density at radius 2 is 2.00 bits per heavy atom. The summed E-state index contributed by atoms with van der Waals surface area (Å²) in [6.07, 6.45) is 1.64. The van der Waals surface area contributed by atoms with Crippen LogP contribution in [0.15, 0.2) is 36.7 Å². The van der Waals surface area contributed by atoms with E-state index in [1.807, 2.05) is 41.8 Å². The van der Waals surface area contributed by atoms with E-state index in [4.69, 9.17) is 5.73 Å². The van der Waals surface area contributed by atoms with Gasteiger partial charge in [0.05, 0.1) is 6.54 Å². The van der Waals surface area contributed by atoms with E-state index in [-0.39, 0.29) is 30.7 Å². The number of hydrogen-bond acceptors (Lipinski definition) is 4. The van der Waals surface area contributed by atoms with Gasteiger partial charge in [-0.1, -0.05) is 30.3 Å². The van der Waals surface area contributed by atoms with Crippen LogP contribution in [0.3, 0.4) is 0 Å². The highest BCUT2D eigenvalue weighted by Crippen LogP contribution is 2.09. The summed E-state index contributed by atoms with van der Waals surface area (Å²) in [5.41, 5.74) is 6.68. The van der Waals surface area contributed by atoms with Crippen molar-refractivity contribution in [2.75, 3.05) is 0 Å². The van der Waals surface area contributed by atoms with E-state index in [2.05, 4.69) is 15.5 Å². The second kappa shape index (κ2) is 9.33. The van der Waals surface area contributed by atoms with Crippen LogP contribution < -0.4 is 11.1 Å². The van der Waals surface area contributed by atoms with E-state index >= 15 is 0 Å². The molecule has 1 aromatic heterocycles. The fourth-order valence-corrected chi connectivity index (χ4v) is 1.77. The average molecular weight is 332 g/mol. The summed E-state index contributed by atoms with van der Waals surface area (Å²) in [7, 11) is 0. The number of amides is 1. The van der Waals surface area contributed by atoms with Crippen molar-refractivity contribution in [2.24, 2.45) is 5.73 Å². The van der Waals surface area contributed by atoms with Gasteiger partial charge in [0.25, 0.3) is 0 Å². The number of aryl methyl sites for hydroxylation is 1. The van der Waals surface area contributed by atoms with Crippen molar-refractivity contribution in [3.05, 3.63) is 48.0 Å². The average Bonchev–Trinajstić information content (AvgIpc) is 2.92. The number of nitrogens with zero attached hydrogens (tertiary/aromatic N) is 3. The molecule has 1 unspecified atom stereocenters. The summed E-state index contributed by atoms with van der Waals surface area (Å²) >= 11 is 0. The topological polar surface area (TPSA) is 85.8 Å². The van der Waals surface area contributed by atoms with E-state index in [0.29, 0.717) is 6.54 Å². The molecule has 1 aromatic carbocycles. The smallest absolute Gasteiger partial charge is 0.241 e. The third kappa shape index (κ3) is 5.00. The standard InChI is InChI=1S/C13H17N5O.2ClH/c1-2-18-9-16-17-11(18)8-15-13(19)12(14)10-6-4-3-5-7-10;;/h3-7,9,12H,2,8,14H2,1H3,(H,15,19);2*1H. The van der Waals surface area contributed by atoms with Gasteiger partial charge >= 0.3 is 0 Å².